The van der Waals surface area contributed by atoms with Gasteiger partial charge >= 0.3 is 0 Å². The normalized spacial score (nSPS) is 11.5. The topological polar surface area (TPSA) is 4.93 Å². The number of benzene rings is 1. The molecule has 0 bridgehead atoms. The largest absolute Gasteiger partial charge is 0.347 e. The fourth-order valence-electron chi connectivity index (χ4n) is 1.87. The Morgan fingerprint density at radius 1 is 1.33 bits per heavy atom. The summed E-state index contributed by atoms with van der Waals surface area (Å²) >= 11 is 0. The molecule has 15 heavy (non-hydrogen) atoms. The van der Waals surface area contributed by atoms with Crippen molar-refractivity contribution in [1.82, 2.24) is 4.57 Å². The molecule has 1 nitrogen and oxygen atoms in total. The van der Waals surface area contributed by atoms with E-state index in [1.54, 1.807) is 6.07 Å². The van der Waals surface area contributed by atoms with Gasteiger partial charge in [-0.2, -0.15) is 0 Å². The van der Waals surface area contributed by atoms with Gasteiger partial charge in [-0.25, -0.2) is 4.39 Å². The molecular weight excluding hydrogens is 189 g/mol. The first-order chi connectivity index (χ1) is 7.08. The molecule has 0 aliphatic carbocycles. The predicted octanol–water partition coefficient (Wildman–Crippen LogP) is 3.74. The Labute approximate surface area is 89.5 Å². The number of hydrogen-bond donors (Lipinski definition) is 0. The molecule has 0 unspecified atom stereocenters. The fraction of sp³-hybridized carbons (Fsp3) is 0.385. The Morgan fingerprint density at radius 2 is 2.07 bits per heavy atom. The molecule has 0 saturated heterocycles. The molecule has 0 radical (unpaired) electrons. The highest BCUT2D eigenvalue weighted by atomic mass is 19.1. The Balaban J connectivity index is 2.54. The second-order valence-electron chi connectivity index (χ2n) is 4.52. The number of fused-ring (bicyclic) bond motifs is 1. The third kappa shape index (κ3) is 1.89. The Bertz CT molecular complexity index is 482. The second-order valence-corrected chi connectivity index (χ2v) is 4.52. The molecule has 2 aromatic rings. The van der Waals surface area contributed by atoms with Gasteiger partial charge in [0.05, 0.1) is 0 Å². The number of aromatic nitrogens is 1. The molecule has 0 amide bonds. The predicted molar refractivity (Wildman–Crippen MR) is 61.5 cm³/mol. The number of aryl methyl sites for hydroxylation is 1. The van der Waals surface area contributed by atoms with Crippen LogP contribution in [0, 0.1) is 18.7 Å². The first-order valence-electron chi connectivity index (χ1n) is 5.33. The smallest absolute Gasteiger partial charge is 0.126 e. The zero-order chi connectivity index (χ0) is 11.0. The molecule has 0 saturated carbocycles. The highest BCUT2D eigenvalue weighted by Gasteiger charge is 2.06. The number of rotatable bonds is 2. The summed E-state index contributed by atoms with van der Waals surface area (Å²) in [7, 11) is 0. The van der Waals surface area contributed by atoms with Gasteiger partial charge in [-0.15, -0.1) is 0 Å². The van der Waals surface area contributed by atoms with Crippen LogP contribution in [-0.4, -0.2) is 4.57 Å². The van der Waals surface area contributed by atoms with Gasteiger partial charge in [0.25, 0.3) is 0 Å². The van der Waals surface area contributed by atoms with E-state index in [0.29, 0.717) is 11.5 Å². The summed E-state index contributed by atoms with van der Waals surface area (Å²) < 4.78 is 15.5. The summed E-state index contributed by atoms with van der Waals surface area (Å²) in [6.45, 7) is 7.15. The molecular formula is C13H16FN. The lowest BCUT2D eigenvalue weighted by Crippen LogP contribution is -2.02. The van der Waals surface area contributed by atoms with Gasteiger partial charge in [-0.05, 0) is 36.6 Å². The van der Waals surface area contributed by atoms with Crippen molar-refractivity contribution < 1.29 is 4.39 Å². The molecule has 2 rings (SSSR count). The van der Waals surface area contributed by atoms with Crippen LogP contribution in [0.3, 0.4) is 0 Å². The fourth-order valence-corrected chi connectivity index (χ4v) is 1.87. The van der Waals surface area contributed by atoms with E-state index in [1.165, 1.54) is 0 Å². The van der Waals surface area contributed by atoms with E-state index >= 15 is 0 Å². The zero-order valence-corrected chi connectivity index (χ0v) is 9.42. The van der Waals surface area contributed by atoms with Crippen LogP contribution in [0.4, 0.5) is 4.39 Å². The molecule has 0 N–H and O–H groups in total. The Hall–Kier alpha value is -1.31. The van der Waals surface area contributed by atoms with E-state index in [9.17, 15) is 4.39 Å². The van der Waals surface area contributed by atoms with Crippen molar-refractivity contribution in [3.8, 4) is 0 Å². The quantitative estimate of drug-likeness (QED) is 0.703. The third-order valence-electron chi connectivity index (χ3n) is 2.61. The maximum absolute atomic E-state index is 13.3. The minimum absolute atomic E-state index is 0.121. The lowest BCUT2D eigenvalue weighted by molar-refractivity contribution is 0.535. The van der Waals surface area contributed by atoms with Crippen molar-refractivity contribution in [3.05, 3.63) is 35.8 Å². The van der Waals surface area contributed by atoms with Crippen LogP contribution in [0.25, 0.3) is 10.9 Å². The number of hydrogen-bond acceptors (Lipinski definition) is 0. The Kier molecular flexibility index (Phi) is 2.51. The van der Waals surface area contributed by atoms with E-state index in [-0.39, 0.29) is 5.82 Å². The first-order valence-corrected chi connectivity index (χ1v) is 5.33. The van der Waals surface area contributed by atoms with Crippen LogP contribution in [0.5, 0.6) is 0 Å². The number of nitrogens with zero attached hydrogens (tertiary/aromatic N) is 1. The van der Waals surface area contributed by atoms with Gasteiger partial charge in [-0.3, -0.25) is 0 Å². The minimum atomic E-state index is -0.121. The van der Waals surface area contributed by atoms with Crippen LogP contribution < -0.4 is 0 Å². The van der Waals surface area contributed by atoms with E-state index in [0.717, 1.165) is 17.4 Å². The van der Waals surface area contributed by atoms with Gasteiger partial charge in [0.2, 0.25) is 0 Å². The Morgan fingerprint density at radius 3 is 2.73 bits per heavy atom. The first kappa shape index (κ1) is 10.2. The second kappa shape index (κ2) is 3.69. The van der Waals surface area contributed by atoms with Crippen LogP contribution in [0.1, 0.15) is 19.4 Å². The SMILES string of the molecule is Cc1cc2c(ccn2CC(C)C)cc1F. The lowest BCUT2D eigenvalue weighted by atomic mass is 10.1. The summed E-state index contributed by atoms with van der Waals surface area (Å²) in [5, 5.41) is 0.985. The lowest BCUT2D eigenvalue weighted by Gasteiger charge is -2.08. The number of halogens is 1. The summed E-state index contributed by atoms with van der Waals surface area (Å²) in [5.74, 6) is 0.482. The van der Waals surface area contributed by atoms with Gasteiger partial charge in [-0.1, -0.05) is 13.8 Å². The molecule has 1 heterocycles. The molecule has 0 aliphatic heterocycles. The zero-order valence-electron chi connectivity index (χ0n) is 9.42. The van der Waals surface area contributed by atoms with Crippen LogP contribution in [0.15, 0.2) is 24.4 Å². The van der Waals surface area contributed by atoms with Crippen molar-refractivity contribution in [1.29, 1.82) is 0 Å². The van der Waals surface area contributed by atoms with Gasteiger partial charge < -0.3 is 4.57 Å². The van der Waals surface area contributed by atoms with Crippen LogP contribution >= 0.6 is 0 Å². The van der Waals surface area contributed by atoms with Crippen LogP contribution in [-0.2, 0) is 6.54 Å². The maximum atomic E-state index is 13.3. The molecule has 0 spiro atoms. The van der Waals surface area contributed by atoms with E-state index in [4.69, 9.17) is 0 Å². The highest BCUT2D eigenvalue weighted by Crippen LogP contribution is 2.21. The molecule has 0 aliphatic rings. The van der Waals surface area contributed by atoms with Crippen molar-refractivity contribution in [2.45, 2.75) is 27.3 Å². The average molecular weight is 205 g/mol. The molecule has 1 aromatic carbocycles. The molecule has 0 atom stereocenters. The summed E-state index contributed by atoms with van der Waals surface area (Å²) in [4.78, 5) is 0. The van der Waals surface area contributed by atoms with Crippen molar-refractivity contribution in [2.24, 2.45) is 5.92 Å². The molecule has 80 valence electrons. The third-order valence-corrected chi connectivity index (χ3v) is 2.61. The standard InChI is InChI=1S/C13H16FN/c1-9(2)8-15-5-4-11-7-12(14)10(3)6-13(11)15/h4-7,9H,8H2,1-3H3. The highest BCUT2D eigenvalue weighted by molar-refractivity contribution is 5.81. The molecule has 0 fully saturated rings. The van der Waals surface area contributed by atoms with Gasteiger partial charge in [0.15, 0.2) is 0 Å². The van der Waals surface area contributed by atoms with Crippen LogP contribution in [0.2, 0.25) is 0 Å². The minimum Gasteiger partial charge on any atom is -0.347 e. The van der Waals surface area contributed by atoms with Gasteiger partial charge in [0, 0.05) is 23.6 Å². The van der Waals surface area contributed by atoms with E-state index < -0.39 is 0 Å². The molecule has 2 heteroatoms. The monoisotopic (exact) mass is 205 g/mol. The molecule has 1 aromatic heterocycles. The average Bonchev–Trinajstić information content (AvgIpc) is 2.49. The van der Waals surface area contributed by atoms with Crippen molar-refractivity contribution >= 4 is 10.9 Å². The van der Waals surface area contributed by atoms with E-state index in [1.807, 2.05) is 25.3 Å². The van der Waals surface area contributed by atoms with Gasteiger partial charge in [0.1, 0.15) is 5.82 Å². The van der Waals surface area contributed by atoms with Crippen molar-refractivity contribution in [3.63, 3.8) is 0 Å². The summed E-state index contributed by atoms with van der Waals surface area (Å²) in [6.07, 6.45) is 2.03. The summed E-state index contributed by atoms with van der Waals surface area (Å²) in [5.41, 5.74) is 1.84. The maximum Gasteiger partial charge on any atom is 0.126 e. The van der Waals surface area contributed by atoms with E-state index in [2.05, 4.69) is 18.4 Å². The summed E-state index contributed by atoms with van der Waals surface area (Å²) in [6, 6.07) is 5.51. The van der Waals surface area contributed by atoms with Crippen molar-refractivity contribution in [2.75, 3.05) is 0 Å².